The van der Waals surface area contributed by atoms with Crippen molar-refractivity contribution in [3.8, 4) is 12.0 Å². The van der Waals surface area contributed by atoms with E-state index in [0.29, 0.717) is 17.2 Å². The first-order chi connectivity index (χ1) is 12.7. The number of nitrogens with zero attached hydrogens (tertiary/aromatic N) is 2. The number of nitrogens with one attached hydrogen (secondary N) is 1. The van der Waals surface area contributed by atoms with Crippen molar-refractivity contribution in [1.82, 2.24) is 9.88 Å². The third-order valence-electron chi connectivity index (χ3n) is 4.51. The van der Waals surface area contributed by atoms with Crippen molar-refractivity contribution in [2.75, 3.05) is 5.75 Å². The van der Waals surface area contributed by atoms with Crippen LogP contribution in [0.3, 0.4) is 0 Å². The topological polar surface area (TPSA) is 71.0 Å². The third kappa shape index (κ3) is 2.80. The van der Waals surface area contributed by atoms with Crippen molar-refractivity contribution >= 4 is 17.7 Å². The molecule has 6 heteroatoms. The summed E-state index contributed by atoms with van der Waals surface area (Å²) in [4.78, 5) is 14.2. The maximum Gasteiger partial charge on any atom is 0.256 e. The van der Waals surface area contributed by atoms with E-state index in [1.165, 1.54) is 4.90 Å². The van der Waals surface area contributed by atoms with Crippen LogP contribution in [0, 0.1) is 18.3 Å². The Labute approximate surface area is 155 Å². The van der Waals surface area contributed by atoms with E-state index in [9.17, 15) is 10.1 Å². The number of rotatable bonds is 3. The molecular formula is C20H17N3O2S. The van der Waals surface area contributed by atoms with E-state index >= 15 is 0 Å². The molecule has 0 aliphatic carbocycles. The van der Waals surface area contributed by atoms with E-state index in [4.69, 9.17) is 4.42 Å². The number of thioether (sulfide) groups is 1. The maximum absolute atomic E-state index is 13.0. The van der Waals surface area contributed by atoms with Gasteiger partial charge in [0.2, 0.25) is 5.88 Å². The highest BCUT2D eigenvalue weighted by molar-refractivity contribution is 7.99. The molecule has 3 aromatic rings. The Hall–Kier alpha value is -2.91. The molecule has 1 aliphatic heterocycles. The van der Waals surface area contributed by atoms with Crippen molar-refractivity contribution < 1.29 is 9.21 Å². The first kappa shape index (κ1) is 16.6. The largest absolute Gasteiger partial charge is 0.443 e. The predicted octanol–water partition coefficient (Wildman–Crippen LogP) is 4.22. The highest BCUT2D eigenvalue weighted by Gasteiger charge is 2.28. The summed E-state index contributed by atoms with van der Waals surface area (Å²) in [7, 11) is 0. The highest BCUT2D eigenvalue weighted by Crippen LogP contribution is 2.36. The fourth-order valence-electron chi connectivity index (χ4n) is 3.28. The molecule has 0 spiro atoms. The first-order valence-electron chi connectivity index (χ1n) is 8.38. The lowest BCUT2D eigenvalue weighted by Gasteiger charge is -2.25. The van der Waals surface area contributed by atoms with Gasteiger partial charge >= 0.3 is 0 Å². The summed E-state index contributed by atoms with van der Waals surface area (Å²) >= 11 is 1.80. The van der Waals surface area contributed by atoms with E-state index in [2.05, 4.69) is 17.5 Å². The molecule has 1 N–H and O–H groups in total. The summed E-state index contributed by atoms with van der Waals surface area (Å²) in [5.74, 6) is 1.50. The first-order valence-corrected chi connectivity index (χ1v) is 9.37. The van der Waals surface area contributed by atoms with Gasteiger partial charge in [-0.25, -0.2) is 0 Å². The second-order valence-electron chi connectivity index (χ2n) is 6.12. The number of hydrogen-bond donors (Lipinski definition) is 1. The van der Waals surface area contributed by atoms with Crippen LogP contribution >= 0.6 is 11.8 Å². The predicted molar refractivity (Wildman–Crippen MR) is 99.5 cm³/mol. The Kier molecular flexibility index (Phi) is 4.31. The molecule has 1 aromatic carbocycles. The van der Waals surface area contributed by atoms with Crippen LogP contribution in [-0.4, -0.2) is 16.2 Å². The van der Waals surface area contributed by atoms with Gasteiger partial charge < -0.3 is 9.73 Å². The lowest BCUT2D eigenvalue weighted by molar-refractivity contribution is 0.0933. The Balaban J connectivity index is 1.67. The molecule has 0 saturated carbocycles. The fourth-order valence-corrected chi connectivity index (χ4v) is 4.41. The minimum absolute atomic E-state index is 0.0594. The molecule has 1 amide bonds. The lowest BCUT2D eigenvalue weighted by Crippen LogP contribution is -2.31. The number of carbonyl (C=O) groups excluding carboxylic acids is 1. The fraction of sp³-hybridized carbons (Fsp3) is 0.200. The Morgan fingerprint density at radius 2 is 2.08 bits per heavy atom. The van der Waals surface area contributed by atoms with Crippen LogP contribution in [0.25, 0.3) is 5.88 Å². The van der Waals surface area contributed by atoms with Crippen LogP contribution in [0.15, 0.2) is 58.1 Å². The molecule has 0 bridgehead atoms. The Bertz CT molecular complexity index is 999. The number of nitriles is 1. The van der Waals surface area contributed by atoms with Gasteiger partial charge in [0, 0.05) is 23.0 Å². The number of amides is 1. The minimum atomic E-state index is -0.270. The highest BCUT2D eigenvalue weighted by atomic mass is 32.2. The smallest absolute Gasteiger partial charge is 0.256 e. The van der Waals surface area contributed by atoms with Gasteiger partial charge in [-0.3, -0.25) is 9.36 Å². The number of furan rings is 1. The monoisotopic (exact) mass is 363 g/mol. The van der Waals surface area contributed by atoms with Crippen molar-refractivity contribution in [2.24, 2.45) is 0 Å². The number of fused-ring (bicyclic) bond motifs is 1. The van der Waals surface area contributed by atoms with Gasteiger partial charge in [-0.1, -0.05) is 18.2 Å². The molecule has 0 radical (unpaired) electrons. The molecule has 1 atom stereocenters. The number of aromatic nitrogens is 1. The van der Waals surface area contributed by atoms with Crippen LogP contribution in [0.5, 0.6) is 0 Å². The van der Waals surface area contributed by atoms with E-state index in [1.807, 2.05) is 30.3 Å². The second-order valence-corrected chi connectivity index (χ2v) is 7.25. The average molecular weight is 363 g/mol. The summed E-state index contributed by atoms with van der Waals surface area (Å²) in [5, 5.41) is 12.7. The number of carbonyl (C=O) groups is 1. The number of hydrogen-bond acceptors (Lipinski definition) is 4. The van der Waals surface area contributed by atoms with Crippen LogP contribution in [0.4, 0.5) is 0 Å². The summed E-state index contributed by atoms with van der Waals surface area (Å²) in [6.07, 6.45) is 4.43. The Morgan fingerprint density at radius 1 is 1.31 bits per heavy atom. The molecule has 1 aliphatic rings. The average Bonchev–Trinajstić information content (AvgIpc) is 3.29. The Morgan fingerprint density at radius 3 is 2.85 bits per heavy atom. The van der Waals surface area contributed by atoms with Gasteiger partial charge in [-0.2, -0.15) is 5.26 Å². The van der Waals surface area contributed by atoms with Crippen LogP contribution < -0.4 is 5.32 Å². The minimum Gasteiger partial charge on any atom is -0.443 e. The van der Waals surface area contributed by atoms with E-state index in [-0.39, 0.29) is 17.5 Å². The van der Waals surface area contributed by atoms with Gasteiger partial charge in [-0.05, 0) is 37.1 Å². The summed E-state index contributed by atoms with van der Waals surface area (Å²) in [6.45, 7) is 1.72. The van der Waals surface area contributed by atoms with Crippen LogP contribution in [0.2, 0.25) is 0 Å². The molecule has 130 valence electrons. The molecule has 26 heavy (non-hydrogen) atoms. The molecule has 2 aromatic heterocycles. The van der Waals surface area contributed by atoms with Crippen molar-refractivity contribution in [1.29, 1.82) is 5.26 Å². The zero-order valence-electron chi connectivity index (χ0n) is 14.2. The number of benzene rings is 1. The van der Waals surface area contributed by atoms with Crippen molar-refractivity contribution in [3.63, 3.8) is 0 Å². The van der Waals surface area contributed by atoms with E-state index in [1.54, 1.807) is 35.6 Å². The van der Waals surface area contributed by atoms with Gasteiger partial charge in [0.15, 0.2) is 0 Å². The molecule has 0 saturated heterocycles. The van der Waals surface area contributed by atoms with Gasteiger partial charge in [0.1, 0.15) is 23.0 Å². The zero-order valence-corrected chi connectivity index (χ0v) is 15.0. The second kappa shape index (κ2) is 6.77. The van der Waals surface area contributed by atoms with Gasteiger partial charge in [0.25, 0.3) is 5.91 Å². The lowest BCUT2D eigenvalue weighted by atomic mass is 10.0. The SMILES string of the molecule is Cc1oc(-n2cccc2)c(C#N)c1C(=O)N[C@@H]1CCSc2ccccc21. The van der Waals surface area contributed by atoms with Crippen molar-refractivity contribution in [3.05, 3.63) is 71.2 Å². The maximum atomic E-state index is 13.0. The van der Waals surface area contributed by atoms with Crippen LogP contribution in [0.1, 0.15) is 39.7 Å². The summed E-state index contributed by atoms with van der Waals surface area (Å²) in [6, 6.07) is 13.9. The molecule has 0 fully saturated rings. The van der Waals surface area contributed by atoms with Crippen molar-refractivity contribution in [2.45, 2.75) is 24.3 Å². The van der Waals surface area contributed by atoms with Gasteiger partial charge in [-0.15, -0.1) is 11.8 Å². The van der Waals surface area contributed by atoms with Gasteiger partial charge in [0.05, 0.1) is 6.04 Å². The summed E-state index contributed by atoms with van der Waals surface area (Å²) < 4.78 is 7.44. The molecule has 4 rings (SSSR count). The van der Waals surface area contributed by atoms with Crippen LogP contribution in [-0.2, 0) is 0 Å². The quantitative estimate of drug-likeness (QED) is 0.756. The number of aryl methyl sites for hydroxylation is 1. The molecular weight excluding hydrogens is 346 g/mol. The molecule has 5 nitrogen and oxygen atoms in total. The summed E-state index contributed by atoms with van der Waals surface area (Å²) in [5.41, 5.74) is 1.70. The molecule has 3 heterocycles. The normalized spacial score (nSPS) is 15.9. The standard InChI is InChI=1S/C20H17N3O2S/c1-13-18(15(12-21)20(25-13)23-9-4-5-10-23)19(24)22-16-8-11-26-17-7-3-2-6-14(16)17/h2-7,9-10,16H,8,11H2,1H3,(H,22,24)/t16-/m1/s1. The van der Waals surface area contributed by atoms with E-state index < -0.39 is 0 Å². The zero-order chi connectivity index (χ0) is 18.1. The van der Waals surface area contributed by atoms with E-state index in [0.717, 1.165) is 17.7 Å². The molecule has 0 unspecified atom stereocenters. The third-order valence-corrected chi connectivity index (χ3v) is 5.63.